The van der Waals surface area contributed by atoms with Gasteiger partial charge in [0.15, 0.2) is 0 Å². The quantitative estimate of drug-likeness (QED) is 0.0827. The smallest absolute Gasteiger partial charge is 0.306 e. The largest absolute Gasteiger partial charge is 0.481 e. The Kier molecular flexibility index (Phi) is 24.3. The summed E-state index contributed by atoms with van der Waals surface area (Å²) >= 11 is 0. The van der Waals surface area contributed by atoms with Crippen molar-refractivity contribution in [3.8, 4) is 0 Å². The molecule has 0 heterocycles. The van der Waals surface area contributed by atoms with E-state index in [-0.39, 0.29) is 18.5 Å². The van der Waals surface area contributed by atoms with Gasteiger partial charge in [0, 0.05) is 12.8 Å². The van der Waals surface area contributed by atoms with Crippen LogP contribution in [0.2, 0.25) is 0 Å². The van der Waals surface area contributed by atoms with Crippen molar-refractivity contribution in [2.24, 2.45) is 0 Å². The Hall–Kier alpha value is -1.32. The normalized spacial score (nSPS) is 12.3. The maximum absolute atomic E-state index is 12.1. The van der Waals surface area contributed by atoms with Crippen molar-refractivity contribution < 1.29 is 19.4 Å². The highest BCUT2D eigenvalue weighted by atomic mass is 16.5. The van der Waals surface area contributed by atoms with E-state index in [0.717, 1.165) is 70.6 Å². The number of hydrogen-bond donors (Lipinski definition) is 1. The van der Waals surface area contributed by atoms with E-state index in [0.29, 0.717) is 6.42 Å². The zero-order valence-corrected chi connectivity index (χ0v) is 22.0. The number of esters is 1. The Balaban J connectivity index is 3.93. The molecule has 0 aromatic rings. The first-order valence-corrected chi connectivity index (χ1v) is 14.2. The SMILES string of the molecule is CCCCCCCCCC/C=C\CCCC(CCCCCCCC(=O)O)OC(=O)CCCC. The molecule has 33 heavy (non-hydrogen) atoms. The van der Waals surface area contributed by atoms with E-state index in [2.05, 4.69) is 26.0 Å². The van der Waals surface area contributed by atoms with Crippen LogP contribution in [0.5, 0.6) is 0 Å². The van der Waals surface area contributed by atoms with Gasteiger partial charge in [-0.25, -0.2) is 0 Å². The van der Waals surface area contributed by atoms with E-state index in [1.165, 1.54) is 57.8 Å². The van der Waals surface area contributed by atoms with Gasteiger partial charge >= 0.3 is 11.9 Å². The molecule has 0 radical (unpaired) electrons. The molecule has 4 heteroatoms. The number of hydrogen-bond acceptors (Lipinski definition) is 3. The van der Waals surface area contributed by atoms with Crippen LogP contribution in [0.3, 0.4) is 0 Å². The molecule has 0 amide bonds. The number of rotatable bonds is 25. The first-order chi connectivity index (χ1) is 16.1. The number of aliphatic carboxylic acids is 1. The predicted octanol–water partition coefficient (Wildman–Crippen LogP) is 9.16. The lowest BCUT2D eigenvalue weighted by atomic mass is 10.0. The van der Waals surface area contributed by atoms with Crippen molar-refractivity contribution >= 4 is 11.9 Å². The minimum Gasteiger partial charge on any atom is -0.481 e. The minimum atomic E-state index is -0.707. The summed E-state index contributed by atoms with van der Waals surface area (Å²) in [4.78, 5) is 22.7. The number of carboxylic acid groups (broad SMARTS) is 1. The highest BCUT2D eigenvalue weighted by Gasteiger charge is 2.13. The molecule has 0 aromatic carbocycles. The molecule has 0 rings (SSSR count). The fourth-order valence-corrected chi connectivity index (χ4v) is 4.10. The summed E-state index contributed by atoms with van der Waals surface area (Å²) in [7, 11) is 0. The van der Waals surface area contributed by atoms with Gasteiger partial charge in [-0.3, -0.25) is 9.59 Å². The first-order valence-electron chi connectivity index (χ1n) is 14.2. The Bertz CT molecular complexity index is 472. The monoisotopic (exact) mass is 466 g/mol. The van der Waals surface area contributed by atoms with Gasteiger partial charge in [-0.1, -0.05) is 96.6 Å². The van der Waals surface area contributed by atoms with Gasteiger partial charge in [-0.05, 0) is 57.8 Å². The third-order valence-electron chi connectivity index (χ3n) is 6.24. The van der Waals surface area contributed by atoms with Crippen LogP contribution in [0.25, 0.3) is 0 Å². The summed E-state index contributed by atoms with van der Waals surface area (Å²) in [5.41, 5.74) is 0. The molecule has 0 saturated heterocycles. The highest BCUT2D eigenvalue weighted by molar-refractivity contribution is 5.69. The van der Waals surface area contributed by atoms with Gasteiger partial charge in [0.1, 0.15) is 6.10 Å². The Labute approximate surface area is 204 Å². The second kappa shape index (κ2) is 25.3. The maximum Gasteiger partial charge on any atom is 0.306 e. The molecule has 0 aliphatic carbocycles. The molecule has 1 atom stereocenters. The molecular formula is C29H54O4. The first kappa shape index (κ1) is 31.7. The summed E-state index contributed by atoms with van der Waals surface area (Å²) in [6.07, 6.45) is 28.4. The van der Waals surface area contributed by atoms with Crippen LogP contribution >= 0.6 is 0 Å². The third-order valence-corrected chi connectivity index (χ3v) is 6.24. The summed E-state index contributed by atoms with van der Waals surface area (Å²) in [6.45, 7) is 4.36. The van der Waals surface area contributed by atoms with Gasteiger partial charge in [0.05, 0.1) is 0 Å². The molecule has 0 aliphatic rings. The van der Waals surface area contributed by atoms with Gasteiger partial charge in [0.2, 0.25) is 0 Å². The van der Waals surface area contributed by atoms with Crippen molar-refractivity contribution in [1.82, 2.24) is 0 Å². The summed E-state index contributed by atoms with van der Waals surface area (Å²) in [5, 5.41) is 8.70. The van der Waals surface area contributed by atoms with Crippen LogP contribution < -0.4 is 0 Å². The Morgan fingerprint density at radius 3 is 1.79 bits per heavy atom. The van der Waals surface area contributed by atoms with Crippen molar-refractivity contribution in [3.63, 3.8) is 0 Å². The van der Waals surface area contributed by atoms with Gasteiger partial charge in [-0.2, -0.15) is 0 Å². The lowest BCUT2D eigenvalue weighted by molar-refractivity contribution is -0.150. The molecule has 0 aromatic heterocycles. The fourth-order valence-electron chi connectivity index (χ4n) is 4.10. The second-order valence-electron chi connectivity index (χ2n) is 9.58. The molecular weight excluding hydrogens is 412 g/mol. The molecule has 0 bridgehead atoms. The van der Waals surface area contributed by atoms with Crippen LogP contribution in [0.1, 0.15) is 155 Å². The minimum absolute atomic E-state index is 0.0366. The van der Waals surface area contributed by atoms with E-state index in [9.17, 15) is 9.59 Å². The van der Waals surface area contributed by atoms with Crippen LogP contribution in [0.15, 0.2) is 12.2 Å². The van der Waals surface area contributed by atoms with Crippen LogP contribution in [-0.2, 0) is 14.3 Å². The molecule has 0 fully saturated rings. The molecule has 0 aliphatic heterocycles. The van der Waals surface area contributed by atoms with E-state index in [4.69, 9.17) is 9.84 Å². The van der Waals surface area contributed by atoms with Crippen molar-refractivity contribution in [1.29, 1.82) is 0 Å². The van der Waals surface area contributed by atoms with Gasteiger partial charge in [-0.15, -0.1) is 0 Å². The average Bonchev–Trinajstić information content (AvgIpc) is 2.79. The van der Waals surface area contributed by atoms with Gasteiger partial charge < -0.3 is 9.84 Å². The molecule has 0 saturated carbocycles. The number of carbonyl (C=O) groups is 2. The topological polar surface area (TPSA) is 63.6 Å². The summed E-state index contributed by atoms with van der Waals surface area (Å²) in [5.74, 6) is -0.755. The van der Waals surface area contributed by atoms with Crippen molar-refractivity contribution in [2.45, 2.75) is 161 Å². The zero-order valence-electron chi connectivity index (χ0n) is 22.0. The van der Waals surface area contributed by atoms with Crippen LogP contribution in [0.4, 0.5) is 0 Å². The van der Waals surface area contributed by atoms with Crippen molar-refractivity contribution in [2.75, 3.05) is 0 Å². The van der Waals surface area contributed by atoms with Gasteiger partial charge in [0.25, 0.3) is 0 Å². The summed E-state index contributed by atoms with van der Waals surface area (Å²) < 4.78 is 5.78. The highest BCUT2D eigenvalue weighted by Crippen LogP contribution is 2.17. The molecule has 194 valence electrons. The lowest BCUT2D eigenvalue weighted by Crippen LogP contribution is -2.18. The summed E-state index contributed by atoms with van der Waals surface area (Å²) in [6, 6.07) is 0. The molecule has 0 spiro atoms. The second-order valence-corrected chi connectivity index (χ2v) is 9.58. The van der Waals surface area contributed by atoms with E-state index >= 15 is 0 Å². The molecule has 4 nitrogen and oxygen atoms in total. The lowest BCUT2D eigenvalue weighted by Gasteiger charge is -2.18. The molecule has 1 unspecified atom stereocenters. The van der Waals surface area contributed by atoms with E-state index < -0.39 is 5.97 Å². The van der Waals surface area contributed by atoms with Crippen LogP contribution in [0, 0.1) is 0 Å². The standard InChI is InChI=1S/C29H54O4/c1-3-5-7-8-9-10-11-12-13-14-15-17-20-23-27(33-29(32)26-6-4-2)24-21-18-16-19-22-25-28(30)31/h14-15,27H,3-13,16-26H2,1-2H3,(H,30,31)/b15-14-. The van der Waals surface area contributed by atoms with Crippen LogP contribution in [-0.4, -0.2) is 23.1 Å². The Morgan fingerprint density at radius 1 is 0.636 bits per heavy atom. The third kappa shape index (κ3) is 25.1. The van der Waals surface area contributed by atoms with Crippen molar-refractivity contribution in [3.05, 3.63) is 12.2 Å². The number of carbonyl (C=O) groups excluding carboxylic acids is 1. The number of ether oxygens (including phenoxy) is 1. The maximum atomic E-state index is 12.1. The number of carboxylic acids is 1. The molecule has 1 N–H and O–H groups in total. The van der Waals surface area contributed by atoms with E-state index in [1.54, 1.807) is 0 Å². The zero-order chi connectivity index (χ0) is 24.4. The fraction of sp³-hybridized carbons (Fsp3) is 0.862. The Morgan fingerprint density at radius 2 is 1.15 bits per heavy atom. The predicted molar refractivity (Wildman–Crippen MR) is 140 cm³/mol. The van der Waals surface area contributed by atoms with E-state index in [1.807, 2.05) is 0 Å². The number of allylic oxidation sites excluding steroid dienone is 2. The average molecular weight is 467 g/mol. The number of unbranched alkanes of at least 4 members (excludes halogenated alkanes) is 14.